The number of hydrogen-bond donors (Lipinski definition) is 0. The van der Waals surface area contributed by atoms with Gasteiger partial charge in [-0.05, 0) is 23.1 Å². The number of benzene rings is 4. The van der Waals surface area contributed by atoms with Gasteiger partial charge < -0.3 is 9.08 Å². The van der Waals surface area contributed by atoms with Gasteiger partial charge in [-0.25, -0.2) is 65.9 Å². The van der Waals surface area contributed by atoms with Gasteiger partial charge in [0.2, 0.25) is 5.82 Å². The second-order valence-electron chi connectivity index (χ2n) is 9.11. The maximum atomic E-state index is 15.4. The quantitative estimate of drug-likeness (QED) is 0.0618. The average Bonchev–Trinajstić information content (AvgIpc) is 3.39. The van der Waals surface area contributed by atoms with E-state index in [9.17, 15) is 39.5 Å². The zero-order chi connectivity index (χ0) is 32.6. The molecule has 1 aliphatic heterocycles. The van der Waals surface area contributed by atoms with Crippen LogP contribution >= 0.6 is 0 Å². The van der Waals surface area contributed by atoms with E-state index in [0.29, 0.717) is 0 Å². The number of cyclic esters (lactones) is 1. The molecule has 0 saturated heterocycles. The van der Waals surface area contributed by atoms with Crippen molar-refractivity contribution in [1.29, 1.82) is 0 Å². The molecule has 0 aliphatic carbocycles. The first-order valence-corrected chi connectivity index (χ1v) is 11.6. The molecule has 4 aromatic rings. The van der Waals surface area contributed by atoms with Crippen molar-refractivity contribution >= 4 is 23.2 Å². The van der Waals surface area contributed by atoms with Gasteiger partial charge in [0.15, 0.2) is 64.2 Å². The van der Waals surface area contributed by atoms with Gasteiger partial charge in [-0.1, -0.05) is 18.2 Å². The Morgan fingerprint density at radius 3 is 1.11 bits per heavy atom. The molecule has 0 saturated carbocycles. The van der Waals surface area contributed by atoms with Crippen LogP contribution in [0.3, 0.4) is 0 Å². The van der Waals surface area contributed by atoms with Gasteiger partial charge in [0.05, 0.1) is 5.56 Å². The minimum absolute atomic E-state index is 0.544. The Morgan fingerprint density at radius 2 is 0.750 bits per heavy atom. The summed E-state index contributed by atoms with van der Waals surface area (Å²) >= 11 is 0. The molecule has 4 aromatic carbocycles. The van der Waals surface area contributed by atoms with Crippen LogP contribution in [0.4, 0.5) is 65.9 Å². The molecule has 0 radical (unpaired) electrons. The Bertz CT molecular complexity index is 1760. The zero-order valence-corrected chi connectivity index (χ0v) is 20.5. The minimum Gasteiger partial charge on any atom is -0.559 e. The highest BCUT2D eigenvalue weighted by atomic mass is 19.2. The lowest BCUT2D eigenvalue weighted by molar-refractivity contribution is -0.0953. The van der Waals surface area contributed by atoms with Crippen LogP contribution in [0.2, 0.25) is 0 Å². The normalized spacial score (nSPS) is 15.9. The Morgan fingerprint density at radius 1 is 0.432 bits per heavy atom. The Balaban J connectivity index is 2.11. The molecule has 0 bridgehead atoms. The van der Waals surface area contributed by atoms with E-state index >= 15 is 26.3 Å². The van der Waals surface area contributed by atoms with Gasteiger partial charge in [0.25, 0.3) is 0 Å². The van der Waals surface area contributed by atoms with Crippen molar-refractivity contribution in [2.24, 2.45) is 0 Å². The number of hydrogen-bond acceptors (Lipinski definition) is 1. The van der Waals surface area contributed by atoms with Crippen LogP contribution in [-0.4, -0.2) is 12.3 Å². The fraction of sp³-hybridized carbons (Fsp3) is 0.0385. The van der Waals surface area contributed by atoms with E-state index < -0.39 is 128 Å². The standard InChI is InChI=1S/C26H6BF15O2/c28-10-7(11(29)17(35)22(40)16(10)34)25-27(44-26(43-25)6-4-2-1-3-5-6,8-12(30)18(36)23(41)19(37)13(8)31)9-14(32)20(38)24(42)21(39)15(9)33/h1-5,25H/t25-/m0/s1. The van der Waals surface area contributed by atoms with Crippen molar-refractivity contribution in [3.8, 4) is 0 Å². The lowest BCUT2D eigenvalue weighted by atomic mass is 9.27. The molecule has 0 aromatic heterocycles. The Kier molecular flexibility index (Phi) is 7.36. The van der Waals surface area contributed by atoms with Crippen molar-refractivity contribution in [3.05, 3.63) is 129 Å². The monoisotopic (exact) mass is 646 g/mol. The second kappa shape index (κ2) is 10.5. The molecule has 0 fully saturated rings. The van der Waals surface area contributed by atoms with Gasteiger partial charge in [-0.2, -0.15) is 0 Å². The molecule has 44 heavy (non-hydrogen) atoms. The van der Waals surface area contributed by atoms with Gasteiger partial charge in [0.1, 0.15) is 28.8 Å². The lowest BCUT2D eigenvalue weighted by Gasteiger charge is -2.32. The molecule has 1 aliphatic rings. The van der Waals surface area contributed by atoms with Crippen LogP contribution in [0.15, 0.2) is 30.3 Å². The Hall–Kier alpha value is -4.64. The summed E-state index contributed by atoms with van der Waals surface area (Å²) in [6.45, 7) is 0. The number of rotatable bonds is 4. The summed E-state index contributed by atoms with van der Waals surface area (Å²) in [6, 6.07) is 1.75. The van der Waals surface area contributed by atoms with Crippen LogP contribution in [0.25, 0.3) is 0 Å². The predicted molar refractivity (Wildman–Crippen MR) is 118 cm³/mol. The number of esters is 1. The van der Waals surface area contributed by atoms with Crippen LogP contribution < -0.4 is 10.9 Å². The number of carbonyl (C=O) groups excluding carboxylic acids is 1. The summed E-state index contributed by atoms with van der Waals surface area (Å²) in [5.74, 6) is -45.9. The molecule has 5 rings (SSSR count). The van der Waals surface area contributed by atoms with E-state index in [4.69, 9.17) is 9.08 Å². The van der Waals surface area contributed by atoms with E-state index in [1.54, 1.807) is 0 Å². The number of halogens is 15. The van der Waals surface area contributed by atoms with Crippen molar-refractivity contribution in [2.45, 2.75) is 6.00 Å². The summed E-state index contributed by atoms with van der Waals surface area (Å²) in [5, 5.41) is 0. The van der Waals surface area contributed by atoms with E-state index in [2.05, 4.69) is 0 Å². The van der Waals surface area contributed by atoms with Gasteiger partial charge in [0, 0.05) is 0 Å². The molecule has 1 atom stereocenters. The van der Waals surface area contributed by atoms with Gasteiger partial charge >= 0.3 is 12.3 Å². The molecular weight excluding hydrogens is 640 g/mol. The summed E-state index contributed by atoms with van der Waals surface area (Å²) in [4.78, 5) is 0. The van der Waals surface area contributed by atoms with Crippen molar-refractivity contribution in [1.82, 2.24) is 0 Å². The van der Waals surface area contributed by atoms with Gasteiger partial charge in [-0.15, -0.1) is 0 Å². The first kappa shape index (κ1) is 30.8. The third-order valence-corrected chi connectivity index (χ3v) is 6.84. The highest BCUT2D eigenvalue weighted by Gasteiger charge is 2.65. The molecule has 1 heterocycles. The largest absolute Gasteiger partial charge is 0.559 e. The fourth-order valence-corrected chi connectivity index (χ4v) is 4.91. The van der Waals surface area contributed by atoms with E-state index in [1.165, 1.54) is 6.07 Å². The molecule has 0 unspecified atom stereocenters. The predicted octanol–water partition coefficient (Wildman–Crippen LogP) is 6.52. The first-order chi connectivity index (χ1) is 20.6. The molecular formula is C26H6BF15O2. The summed E-state index contributed by atoms with van der Waals surface area (Å²) in [6.07, 6.45) is -5.69. The SMILES string of the molecule is Fc1c(F)c(F)c([C@@H]2OC(c3ccccc3)=[O+][B-]2(c2c(F)c(F)c(F)c(F)c2F)c2c(F)c(F)c(F)c(F)c2F)c(F)c1F. The maximum absolute atomic E-state index is 15.4. The second-order valence-corrected chi connectivity index (χ2v) is 9.11. The van der Waals surface area contributed by atoms with Crippen LogP contribution in [0.1, 0.15) is 21.5 Å². The molecule has 18 heteroatoms. The van der Waals surface area contributed by atoms with Crippen LogP contribution in [0, 0.1) is 87.3 Å². The third kappa shape index (κ3) is 4.06. The van der Waals surface area contributed by atoms with Crippen molar-refractivity contribution in [2.75, 3.05) is 0 Å². The highest BCUT2D eigenvalue weighted by Crippen LogP contribution is 2.42. The van der Waals surface area contributed by atoms with E-state index in [-0.39, 0.29) is 0 Å². The fourth-order valence-electron chi connectivity index (χ4n) is 4.91. The molecule has 0 amide bonds. The van der Waals surface area contributed by atoms with E-state index in [1.807, 2.05) is 0 Å². The third-order valence-electron chi connectivity index (χ3n) is 6.84. The van der Waals surface area contributed by atoms with Crippen molar-refractivity contribution in [3.63, 3.8) is 0 Å². The first-order valence-electron chi connectivity index (χ1n) is 11.6. The highest BCUT2D eigenvalue weighted by molar-refractivity contribution is 6.97. The Labute approximate surface area is 233 Å². The maximum Gasteiger partial charge on any atom is 0.460 e. The van der Waals surface area contributed by atoms with Gasteiger partial charge in [-0.3, -0.25) is 0 Å². The van der Waals surface area contributed by atoms with Crippen LogP contribution in [0.5, 0.6) is 0 Å². The lowest BCUT2D eigenvalue weighted by Crippen LogP contribution is -2.66. The van der Waals surface area contributed by atoms with E-state index in [0.717, 1.165) is 24.3 Å². The molecule has 0 spiro atoms. The van der Waals surface area contributed by atoms with Crippen molar-refractivity contribution < 1.29 is 74.9 Å². The summed E-state index contributed by atoms with van der Waals surface area (Å²) < 4.78 is 231. The number of ether oxygens (including phenoxy) is 1. The summed E-state index contributed by atoms with van der Waals surface area (Å²) in [7, 11) is 0. The molecule has 0 N–H and O–H groups in total. The molecule has 230 valence electrons. The molecule has 2 nitrogen and oxygen atoms in total. The zero-order valence-electron chi connectivity index (χ0n) is 20.5. The smallest absolute Gasteiger partial charge is 0.460 e. The summed E-state index contributed by atoms with van der Waals surface area (Å²) in [5.41, 5.74) is -8.22. The average molecular weight is 646 g/mol. The van der Waals surface area contributed by atoms with Crippen LogP contribution in [-0.2, 0) is 4.74 Å². The minimum atomic E-state index is -5.69. The topological polar surface area (TPSA) is 20.5 Å².